The summed E-state index contributed by atoms with van der Waals surface area (Å²) in [5.74, 6) is 0.111. The van der Waals surface area contributed by atoms with Gasteiger partial charge in [0.25, 0.3) is 0 Å². The first-order valence-corrected chi connectivity index (χ1v) is 6.49. The minimum absolute atomic E-state index is 0.220. The summed E-state index contributed by atoms with van der Waals surface area (Å²) in [6.45, 7) is 4.09. The molecule has 18 heavy (non-hydrogen) atoms. The largest absolute Gasteiger partial charge is 0.487 e. The number of aliphatic carboxylic acids is 1. The number of benzene rings is 1. The van der Waals surface area contributed by atoms with Gasteiger partial charge in [-0.3, -0.25) is 4.79 Å². The molecule has 1 fully saturated rings. The number of para-hydroxylation sites is 1. The van der Waals surface area contributed by atoms with Gasteiger partial charge in [0, 0.05) is 12.0 Å². The Morgan fingerprint density at radius 2 is 2.06 bits per heavy atom. The molecular formula is C15H18O3. The van der Waals surface area contributed by atoms with Crippen LogP contribution in [0, 0.1) is 0 Å². The van der Waals surface area contributed by atoms with Crippen LogP contribution >= 0.6 is 0 Å². The number of rotatable bonds is 2. The fourth-order valence-electron chi connectivity index (χ4n) is 3.12. The predicted molar refractivity (Wildman–Crippen MR) is 68.0 cm³/mol. The SMILES string of the molecule is CC1(C)Cc2cccc(C3(C(=O)O)CCC3)c2O1. The predicted octanol–water partition coefficient (Wildman–Crippen LogP) is 2.91. The monoisotopic (exact) mass is 246 g/mol. The second-order valence-electron chi connectivity index (χ2n) is 6.07. The molecule has 1 aliphatic heterocycles. The van der Waals surface area contributed by atoms with Crippen LogP contribution in [0.4, 0.5) is 0 Å². The van der Waals surface area contributed by atoms with Crippen molar-refractivity contribution < 1.29 is 14.6 Å². The van der Waals surface area contributed by atoms with Crippen molar-refractivity contribution in [2.24, 2.45) is 0 Å². The molecule has 1 saturated carbocycles. The molecule has 96 valence electrons. The molecule has 0 unspecified atom stereocenters. The van der Waals surface area contributed by atoms with Crippen molar-refractivity contribution in [2.45, 2.75) is 50.5 Å². The Labute approximate surface area is 107 Å². The Kier molecular flexibility index (Phi) is 2.25. The summed E-state index contributed by atoms with van der Waals surface area (Å²) >= 11 is 0. The van der Waals surface area contributed by atoms with E-state index in [1.807, 2.05) is 32.0 Å². The minimum atomic E-state index is -0.713. The van der Waals surface area contributed by atoms with Crippen LogP contribution in [0.3, 0.4) is 0 Å². The maximum absolute atomic E-state index is 11.6. The molecule has 1 N–H and O–H groups in total. The van der Waals surface area contributed by atoms with E-state index in [1.54, 1.807) is 0 Å². The second-order valence-corrected chi connectivity index (χ2v) is 6.07. The normalized spacial score (nSPS) is 22.8. The Bertz CT molecular complexity index is 512. The third-order valence-electron chi connectivity index (χ3n) is 4.22. The zero-order chi connectivity index (χ0) is 13.0. The Morgan fingerprint density at radius 1 is 1.33 bits per heavy atom. The van der Waals surface area contributed by atoms with Crippen molar-refractivity contribution >= 4 is 5.97 Å². The molecule has 3 rings (SSSR count). The van der Waals surface area contributed by atoms with Crippen LogP contribution in [0.25, 0.3) is 0 Å². The number of carbonyl (C=O) groups is 1. The number of carboxylic acid groups (broad SMARTS) is 1. The molecule has 0 bridgehead atoms. The summed E-state index contributed by atoms with van der Waals surface area (Å²) in [5.41, 5.74) is 1.10. The highest BCUT2D eigenvalue weighted by Gasteiger charge is 2.49. The van der Waals surface area contributed by atoms with E-state index in [9.17, 15) is 9.90 Å². The summed E-state index contributed by atoms with van der Waals surface area (Å²) in [4.78, 5) is 11.6. The lowest BCUT2D eigenvalue weighted by molar-refractivity contribution is -0.147. The number of hydrogen-bond donors (Lipinski definition) is 1. The lowest BCUT2D eigenvalue weighted by Gasteiger charge is -2.39. The fourth-order valence-corrected chi connectivity index (χ4v) is 3.12. The first kappa shape index (κ1) is 11.6. The highest BCUT2D eigenvalue weighted by molar-refractivity contribution is 5.84. The molecule has 3 heteroatoms. The van der Waals surface area contributed by atoms with Gasteiger partial charge in [-0.15, -0.1) is 0 Å². The molecule has 0 saturated heterocycles. The fraction of sp³-hybridized carbons (Fsp3) is 0.533. The number of ether oxygens (including phenoxy) is 1. The second kappa shape index (κ2) is 3.50. The third-order valence-corrected chi connectivity index (χ3v) is 4.22. The van der Waals surface area contributed by atoms with Crippen LogP contribution in [-0.4, -0.2) is 16.7 Å². The maximum Gasteiger partial charge on any atom is 0.314 e. The minimum Gasteiger partial charge on any atom is -0.487 e. The van der Waals surface area contributed by atoms with Crippen molar-refractivity contribution in [1.29, 1.82) is 0 Å². The van der Waals surface area contributed by atoms with Gasteiger partial charge in [0.1, 0.15) is 11.4 Å². The van der Waals surface area contributed by atoms with Gasteiger partial charge >= 0.3 is 5.97 Å². The molecular weight excluding hydrogens is 228 g/mol. The molecule has 0 spiro atoms. The summed E-state index contributed by atoms with van der Waals surface area (Å²) in [6, 6.07) is 5.93. The van der Waals surface area contributed by atoms with Gasteiger partial charge in [-0.05, 0) is 32.3 Å². The van der Waals surface area contributed by atoms with Gasteiger partial charge < -0.3 is 9.84 Å². The lowest BCUT2D eigenvalue weighted by Crippen LogP contribution is -2.42. The van der Waals surface area contributed by atoms with Crippen molar-refractivity contribution in [2.75, 3.05) is 0 Å². The smallest absolute Gasteiger partial charge is 0.314 e. The molecule has 0 radical (unpaired) electrons. The number of fused-ring (bicyclic) bond motifs is 1. The van der Waals surface area contributed by atoms with E-state index in [1.165, 1.54) is 0 Å². The Balaban J connectivity index is 2.11. The van der Waals surface area contributed by atoms with E-state index < -0.39 is 11.4 Å². The first-order valence-electron chi connectivity index (χ1n) is 6.49. The summed E-state index contributed by atoms with van der Waals surface area (Å²) in [5, 5.41) is 9.54. The quantitative estimate of drug-likeness (QED) is 0.872. The maximum atomic E-state index is 11.6. The lowest BCUT2D eigenvalue weighted by atomic mass is 9.64. The molecule has 0 aromatic heterocycles. The van der Waals surface area contributed by atoms with Gasteiger partial charge in [0.15, 0.2) is 0 Å². The zero-order valence-electron chi connectivity index (χ0n) is 10.8. The third kappa shape index (κ3) is 1.46. The summed E-state index contributed by atoms with van der Waals surface area (Å²) in [7, 11) is 0. The van der Waals surface area contributed by atoms with E-state index >= 15 is 0 Å². The van der Waals surface area contributed by atoms with Crippen LogP contribution in [-0.2, 0) is 16.6 Å². The topological polar surface area (TPSA) is 46.5 Å². The first-order chi connectivity index (χ1) is 8.45. The average molecular weight is 246 g/mol. The van der Waals surface area contributed by atoms with Crippen LogP contribution < -0.4 is 4.74 Å². The van der Waals surface area contributed by atoms with E-state index in [0.717, 1.165) is 42.6 Å². The van der Waals surface area contributed by atoms with Crippen molar-refractivity contribution in [3.63, 3.8) is 0 Å². The standard InChI is InChI=1S/C15H18O3/c1-14(2)9-10-5-3-6-11(12(10)18-14)15(13(16)17)7-4-8-15/h3,5-6H,4,7-9H2,1-2H3,(H,16,17). The van der Waals surface area contributed by atoms with E-state index in [2.05, 4.69) is 0 Å². The Hall–Kier alpha value is -1.51. The Morgan fingerprint density at radius 3 is 2.61 bits per heavy atom. The zero-order valence-corrected chi connectivity index (χ0v) is 10.8. The highest BCUT2D eigenvalue weighted by Crippen LogP contribution is 2.50. The molecule has 1 aromatic rings. The molecule has 1 aromatic carbocycles. The highest BCUT2D eigenvalue weighted by atomic mass is 16.5. The molecule has 0 amide bonds. The van der Waals surface area contributed by atoms with Crippen LogP contribution in [0.15, 0.2) is 18.2 Å². The molecule has 2 aliphatic rings. The molecule has 3 nitrogen and oxygen atoms in total. The van der Waals surface area contributed by atoms with E-state index in [4.69, 9.17) is 4.74 Å². The van der Waals surface area contributed by atoms with E-state index in [0.29, 0.717) is 0 Å². The number of hydrogen-bond acceptors (Lipinski definition) is 2. The summed E-state index contributed by atoms with van der Waals surface area (Å²) in [6.07, 6.45) is 3.29. The molecule has 1 aliphatic carbocycles. The van der Waals surface area contributed by atoms with Crippen LogP contribution in [0.2, 0.25) is 0 Å². The van der Waals surface area contributed by atoms with Crippen molar-refractivity contribution in [3.8, 4) is 5.75 Å². The number of carboxylic acids is 1. The van der Waals surface area contributed by atoms with Gasteiger partial charge in [-0.1, -0.05) is 24.6 Å². The van der Waals surface area contributed by atoms with Gasteiger partial charge in [-0.2, -0.15) is 0 Å². The van der Waals surface area contributed by atoms with Crippen LogP contribution in [0.1, 0.15) is 44.2 Å². The van der Waals surface area contributed by atoms with E-state index in [-0.39, 0.29) is 5.60 Å². The van der Waals surface area contributed by atoms with Crippen LogP contribution in [0.5, 0.6) is 5.75 Å². The molecule has 1 heterocycles. The average Bonchev–Trinajstić information content (AvgIpc) is 2.50. The van der Waals surface area contributed by atoms with Crippen molar-refractivity contribution in [3.05, 3.63) is 29.3 Å². The van der Waals surface area contributed by atoms with Crippen molar-refractivity contribution in [1.82, 2.24) is 0 Å². The van der Waals surface area contributed by atoms with Gasteiger partial charge in [-0.25, -0.2) is 0 Å². The molecule has 0 atom stereocenters. The van der Waals surface area contributed by atoms with Gasteiger partial charge in [0.2, 0.25) is 0 Å². The summed E-state index contributed by atoms with van der Waals surface area (Å²) < 4.78 is 5.99. The van der Waals surface area contributed by atoms with Gasteiger partial charge in [0.05, 0.1) is 5.41 Å².